The molecule has 0 bridgehead atoms. The topological polar surface area (TPSA) is 94.2 Å². The number of hydrogen-bond donors (Lipinski definition) is 1. The summed E-state index contributed by atoms with van der Waals surface area (Å²) in [5.41, 5.74) is 1.31. The molecule has 1 aliphatic rings. The van der Waals surface area contributed by atoms with Crippen LogP contribution in [-0.2, 0) is 14.8 Å². The van der Waals surface area contributed by atoms with Gasteiger partial charge in [0.05, 0.1) is 32.2 Å². The van der Waals surface area contributed by atoms with Gasteiger partial charge in [-0.05, 0) is 36.2 Å². The summed E-state index contributed by atoms with van der Waals surface area (Å²) >= 11 is 0. The van der Waals surface area contributed by atoms with Crippen molar-refractivity contribution in [3.63, 3.8) is 0 Å². The first-order valence-corrected chi connectivity index (χ1v) is 11.9. The molecule has 2 atom stereocenters. The van der Waals surface area contributed by atoms with Crippen LogP contribution in [0.2, 0.25) is 0 Å². The predicted molar refractivity (Wildman–Crippen MR) is 118 cm³/mol. The highest BCUT2D eigenvalue weighted by Crippen LogP contribution is 2.34. The fraction of sp³-hybridized carbons (Fsp3) is 0.409. The number of rotatable bonds is 7. The van der Waals surface area contributed by atoms with Crippen molar-refractivity contribution in [1.29, 1.82) is 0 Å². The van der Waals surface area contributed by atoms with Crippen LogP contribution in [0.1, 0.15) is 31.4 Å². The quantitative estimate of drug-likeness (QED) is 0.700. The lowest BCUT2D eigenvalue weighted by Gasteiger charge is -2.22. The Labute approximate surface area is 183 Å². The van der Waals surface area contributed by atoms with Crippen molar-refractivity contribution in [3.8, 4) is 17.2 Å². The number of carbonyl (C=O) groups excluding carboxylic acids is 1. The molecule has 0 aromatic heterocycles. The average Bonchev–Trinajstić information content (AvgIpc) is 2.96. The van der Waals surface area contributed by atoms with E-state index < -0.39 is 16.1 Å². The molecule has 1 amide bonds. The summed E-state index contributed by atoms with van der Waals surface area (Å²) in [7, 11) is -0.373. The molecule has 0 unspecified atom stereocenters. The monoisotopic (exact) mass is 448 g/mol. The van der Waals surface area contributed by atoms with Crippen molar-refractivity contribution >= 4 is 21.6 Å². The molecule has 0 radical (unpaired) electrons. The third-order valence-electron chi connectivity index (χ3n) is 5.23. The van der Waals surface area contributed by atoms with E-state index in [9.17, 15) is 13.2 Å². The van der Waals surface area contributed by atoms with Crippen LogP contribution in [0.3, 0.4) is 0 Å². The average molecular weight is 449 g/mol. The normalized spacial score (nSPS) is 17.0. The summed E-state index contributed by atoms with van der Waals surface area (Å²) in [5.74, 6) is 1.25. The van der Waals surface area contributed by atoms with E-state index >= 15 is 0 Å². The van der Waals surface area contributed by atoms with E-state index in [1.54, 1.807) is 44.6 Å². The number of anilines is 1. The van der Waals surface area contributed by atoms with Gasteiger partial charge in [-0.3, -0.25) is 9.10 Å². The summed E-state index contributed by atoms with van der Waals surface area (Å²) < 4.78 is 42.4. The summed E-state index contributed by atoms with van der Waals surface area (Å²) in [6.07, 6.45) is 1.21. The number of benzene rings is 2. The Morgan fingerprint density at radius 3 is 2.55 bits per heavy atom. The molecular formula is C22H28N2O6S. The van der Waals surface area contributed by atoms with Gasteiger partial charge in [0.1, 0.15) is 5.75 Å². The van der Waals surface area contributed by atoms with Crippen molar-refractivity contribution in [3.05, 3.63) is 48.0 Å². The first kappa shape index (κ1) is 22.7. The van der Waals surface area contributed by atoms with Crippen LogP contribution in [-0.4, -0.2) is 47.4 Å². The summed E-state index contributed by atoms with van der Waals surface area (Å²) in [6.45, 7) is 2.12. The minimum Gasteiger partial charge on any atom is -0.493 e. The largest absolute Gasteiger partial charge is 0.493 e. The number of hydrogen-bond acceptors (Lipinski definition) is 6. The zero-order chi connectivity index (χ0) is 22.6. The van der Waals surface area contributed by atoms with Crippen LogP contribution in [0.4, 0.5) is 5.69 Å². The predicted octanol–water partition coefficient (Wildman–Crippen LogP) is 2.89. The van der Waals surface area contributed by atoms with Gasteiger partial charge < -0.3 is 19.5 Å². The molecule has 8 nitrogen and oxygen atoms in total. The number of sulfonamides is 1. The highest BCUT2D eigenvalue weighted by molar-refractivity contribution is 7.92. The van der Waals surface area contributed by atoms with Crippen LogP contribution < -0.4 is 23.8 Å². The van der Waals surface area contributed by atoms with Gasteiger partial charge >= 0.3 is 0 Å². The number of nitrogens with zero attached hydrogens (tertiary/aromatic N) is 1. The number of nitrogens with one attached hydrogen (secondary N) is 1. The van der Waals surface area contributed by atoms with Crippen molar-refractivity contribution < 1.29 is 27.4 Å². The zero-order valence-electron chi connectivity index (χ0n) is 18.1. The van der Waals surface area contributed by atoms with E-state index in [-0.39, 0.29) is 24.9 Å². The molecule has 2 aromatic rings. The third-order valence-corrected chi connectivity index (χ3v) is 6.40. The summed E-state index contributed by atoms with van der Waals surface area (Å²) in [6, 6.07) is 12.1. The standard InChI is InChI=1S/C22H28N2O6S/c1-5-16(15-10-11-19(28-2)21(14-15)29-3)23-22(25)20-12-13-24(31(4,26)27)17-8-6-7-9-18(17)30-20/h6-11,14,16,20H,5,12-13H2,1-4H3,(H,23,25)/t16-,20+/m1/s1. The van der Waals surface area contributed by atoms with Gasteiger partial charge in [-0.2, -0.15) is 0 Å². The molecular weight excluding hydrogens is 420 g/mol. The maximum Gasteiger partial charge on any atom is 0.261 e. The van der Waals surface area contributed by atoms with Gasteiger partial charge in [0.15, 0.2) is 17.6 Å². The van der Waals surface area contributed by atoms with E-state index in [1.807, 2.05) is 19.1 Å². The Balaban J connectivity index is 1.81. The minimum atomic E-state index is -3.50. The number of carbonyl (C=O) groups is 1. The highest BCUT2D eigenvalue weighted by atomic mass is 32.2. The SMILES string of the molecule is CC[C@@H](NC(=O)[C@@H]1CCN(S(C)(=O)=O)c2ccccc2O1)c1ccc(OC)c(OC)c1. The molecule has 1 heterocycles. The Kier molecular flexibility index (Phi) is 6.94. The fourth-order valence-electron chi connectivity index (χ4n) is 3.61. The lowest BCUT2D eigenvalue weighted by Crippen LogP contribution is -2.41. The summed E-state index contributed by atoms with van der Waals surface area (Å²) in [5, 5.41) is 3.03. The molecule has 2 aromatic carbocycles. The van der Waals surface area contributed by atoms with E-state index in [0.29, 0.717) is 29.4 Å². The molecule has 168 valence electrons. The zero-order valence-corrected chi connectivity index (χ0v) is 18.9. The Morgan fingerprint density at radius 2 is 1.90 bits per heavy atom. The van der Waals surface area contributed by atoms with E-state index in [1.165, 1.54) is 4.31 Å². The fourth-order valence-corrected chi connectivity index (χ4v) is 4.56. The Morgan fingerprint density at radius 1 is 1.19 bits per heavy atom. The molecule has 0 spiro atoms. The highest BCUT2D eigenvalue weighted by Gasteiger charge is 2.32. The van der Waals surface area contributed by atoms with Crippen molar-refractivity contribution in [2.75, 3.05) is 31.3 Å². The van der Waals surface area contributed by atoms with Crippen LogP contribution in [0.5, 0.6) is 17.2 Å². The second-order valence-corrected chi connectivity index (χ2v) is 9.19. The summed E-state index contributed by atoms with van der Waals surface area (Å²) in [4.78, 5) is 13.1. The molecule has 0 aliphatic carbocycles. The lowest BCUT2D eigenvalue weighted by molar-refractivity contribution is -0.128. The molecule has 31 heavy (non-hydrogen) atoms. The number of para-hydroxylation sites is 2. The number of fused-ring (bicyclic) bond motifs is 1. The first-order valence-electron chi connectivity index (χ1n) is 10.0. The van der Waals surface area contributed by atoms with Crippen LogP contribution in [0.15, 0.2) is 42.5 Å². The van der Waals surface area contributed by atoms with Crippen molar-refractivity contribution in [2.45, 2.75) is 31.9 Å². The van der Waals surface area contributed by atoms with Crippen LogP contribution in [0.25, 0.3) is 0 Å². The van der Waals surface area contributed by atoms with Gasteiger partial charge in [0.2, 0.25) is 10.0 Å². The molecule has 1 aliphatic heterocycles. The number of ether oxygens (including phenoxy) is 3. The lowest BCUT2D eigenvalue weighted by atomic mass is 10.0. The molecule has 0 saturated heterocycles. The van der Waals surface area contributed by atoms with Gasteiger partial charge in [-0.15, -0.1) is 0 Å². The Hall–Kier alpha value is -2.94. The van der Waals surface area contributed by atoms with Crippen molar-refractivity contribution in [2.24, 2.45) is 0 Å². The van der Waals surface area contributed by atoms with Gasteiger partial charge in [0, 0.05) is 13.0 Å². The maximum absolute atomic E-state index is 13.1. The van der Waals surface area contributed by atoms with Crippen LogP contribution in [0, 0.1) is 0 Å². The second-order valence-electron chi connectivity index (χ2n) is 7.28. The molecule has 3 rings (SSSR count). The van der Waals surface area contributed by atoms with E-state index in [2.05, 4.69) is 5.32 Å². The molecule has 0 saturated carbocycles. The number of methoxy groups -OCH3 is 2. The molecule has 1 N–H and O–H groups in total. The van der Waals surface area contributed by atoms with Crippen LogP contribution >= 0.6 is 0 Å². The third kappa shape index (κ3) is 5.04. The molecule has 9 heteroatoms. The van der Waals surface area contributed by atoms with Crippen molar-refractivity contribution in [1.82, 2.24) is 5.32 Å². The van der Waals surface area contributed by atoms with E-state index in [0.717, 1.165) is 11.8 Å². The maximum atomic E-state index is 13.1. The smallest absolute Gasteiger partial charge is 0.261 e. The van der Waals surface area contributed by atoms with Gasteiger partial charge in [-0.25, -0.2) is 8.42 Å². The number of amides is 1. The Bertz CT molecular complexity index is 1040. The minimum absolute atomic E-state index is 0.154. The molecule has 0 fully saturated rings. The van der Waals surface area contributed by atoms with E-state index in [4.69, 9.17) is 14.2 Å². The van der Waals surface area contributed by atoms with Gasteiger partial charge in [0.25, 0.3) is 5.91 Å². The second kappa shape index (κ2) is 9.47. The van der Waals surface area contributed by atoms with Gasteiger partial charge in [-0.1, -0.05) is 25.1 Å². The first-order chi connectivity index (χ1) is 14.8.